The van der Waals surface area contributed by atoms with Gasteiger partial charge in [-0.15, -0.1) is 0 Å². The fourth-order valence-corrected chi connectivity index (χ4v) is 4.59. The predicted octanol–water partition coefficient (Wildman–Crippen LogP) is 6.45. The molecule has 0 radical (unpaired) electrons. The maximum Gasteiger partial charge on any atom is 0.251 e. The van der Waals surface area contributed by atoms with E-state index in [0.717, 1.165) is 12.8 Å². The number of aliphatic hydroxyl groups excluding tert-OH is 1. The Morgan fingerprint density at radius 3 is 2.37 bits per heavy atom. The molecule has 1 amide bonds. The minimum atomic E-state index is -0.510. The molecule has 1 aliphatic carbocycles. The van der Waals surface area contributed by atoms with E-state index in [-0.39, 0.29) is 45.1 Å². The van der Waals surface area contributed by atoms with E-state index < -0.39 is 5.82 Å². The second kappa shape index (κ2) is 10.8. The van der Waals surface area contributed by atoms with Crippen LogP contribution in [0.5, 0.6) is 0 Å². The van der Waals surface area contributed by atoms with Crippen molar-refractivity contribution in [1.29, 1.82) is 0 Å². The largest absolute Gasteiger partial charge is 0.393 e. The molecule has 0 heterocycles. The number of amides is 1. The van der Waals surface area contributed by atoms with Gasteiger partial charge in [-0.1, -0.05) is 29.3 Å². The van der Waals surface area contributed by atoms with Crippen LogP contribution >= 0.6 is 23.2 Å². The van der Waals surface area contributed by atoms with Gasteiger partial charge in [0.2, 0.25) is 0 Å². The molecule has 0 aromatic heterocycles. The summed E-state index contributed by atoms with van der Waals surface area (Å²) in [5, 5.41) is 16.1. The first kappa shape index (κ1) is 25.2. The van der Waals surface area contributed by atoms with Crippen molar-refractivity contribution in [2.75, 3.05) is 5.32 Å². The predicted molar refractivity (Wildman–Crippen MR) is 136 cm³/mol. The molecule has 0 bridgehead atoms. The van der Waals surface area contributed by atoms with Crippen molar-refractivity contribution in [2.45, 2.75) is 44.8 Å². The third-order valence-electron chi connectivity index (χ3n) is 6.20. The van der Waals surface area contributed by atoms with Crippen molar-refractivity contribution < 1.29 is 19.1 Å². The molecule has 3 N–H and O–H groups in total. The second-order valence-electron chi connectivity index (χ2n) is 8.78. The molecule has 1 aliphatic rings. The maximum absolute atomic E-state index is 14.1. The molecule has 0 saturated heterocycles. The number of aliphatic hydroxyl groups is 1. The van der Waals surface area contributed by atoms with E-state index in [4.69, 9.17) is 23.2 Å². The molecule has 1 fully saturated rings. The number of anilines is 2. The molecule has 8 heteroatoms. The molecule has 0 spiro atoms. The lowest BCUT2D eigenvalue weighted by Gasteiger charge is -2.26. The summed E-state index contributed by atoms with van der Waals surface area (Å²) in [4.78, 5) is 26.1. The third kappa shape index (κ3) is 6.01. The second-order valence-corrected chi connectivity index (χ2v) is 9.63. The third-order valence-corrected chi connectivity index (χ3v) is 6.75. The molecule has 0 aliphatic heterocycles. The summed E-state index contributed by atoms with van der Waals surface area (Å²) >= 11 is 12.2. The van der Waals surface area contributed by atoms with Crippen molar-refractivity contribution in [2.24, 2.45) is 0 Å². The Morgan fingerprint density at radius 2 is 1.69 bits per heavy atom. The highest BCUT2D eigenvalue weighted by Crippen LogP contribution is 2.29. The van der Waals surface area contributed by atoms with Gasteiger partial charge in [0, 0.05) is 33.4 Å². The standard InChI is InChI=1S/C27H25Cl2FN2O3/c1-15-2-3-16(27(35)32-18-5-8-20(33)9-6-18)12-22(15)26(34)21-10-7-19(14-23(21)29)31-25-11-4-17(28)13-24(25)30/h2-4,7,10-14,18,20,31,33H,5-6,8-9H2,1H3,(H,32,35)/t18-,20+. The first-order chi connectivity index (χ1) is 16.7. The number of ketones is 1. The van der Waals surface area contributed by atoms with E-state index in [0.29, 0.717) is 35.2 Å². The number of carbonyl (C=O) groups excluding carboxylic acids is 2. The summed E-state index contributed by atoms with van der Waals surface area (Å²) in [5.41, 5.74) is 2.49. The van der Waals surface area contributed by atoms with Gasteiger partial charge in [-0.05, 0) is 86.7 Å². The van der Waals surface area contributed by atoms with E-state index in [1.165, 1.54) is 12.1 Å². The van der Waals surface area contributed by atoms with Crippen molar-refractivity contribution in [3.05, 3.63) is 92.7 Å². The number of halogens is 3. The van der Waals surface area contributed by atoms with Gasteiger partial charge in [0.1, 0.15) is 5.82 Å². The molecule has 5 nitrogen and oxygen atoms in total. The van der Waals surface area contributed by atoms with Gasteiger partial charge in [-0.3, -0.25) is 9.59 Å². The van der Waals surface area contributed by atoms with Crippen LogP contribution in [-0.2, 0) is 0 Å². The Bertz CT molecular complexity index is 1270. The molecular formula is C27H25Cl2FN2O3. The van der Waals surface area contributed by atoms with Crippen molar-refractivity contribution >= 4 is 46.3 Å². The highest BCUT2D eigenvalue weighted by atomic mass is 35.5. The smallest absolute Gasteiger partial charge is 0.251 e. The van der Waals surface area contributed by atoms with Gasteiger partial charge in [0.25, 0.3) is 5.91 Å². The van der Waals surface area contributed by atoms with Crippen molar-refractivity contribution in [3.8, 4) is 0 Å². The Labute approximate surface area is 213 Å². The molecule has 0 atom stereocenters. The number of aryl methyl sites for hydroxylation is 1. The van der Waals surface area contributed by atoms with Gasteiger partial charge in [0.15, 0.2) is 5.78 Å². The van der Waals surface area contributed by atoms with Gasteiger partial charge < -0.3 is 15.7 Å². The van der Waals surface area contributed by atoms with Crippen LogP contribution in [0.3, 0.4) is 0 Å². The minimum Gasteiger partial charge on any atom is -0.393 e. The number of hydrogen-bond acceptors (Lipinski definition) is 4. The fraction of sp³-hybridized carbons (Fsp3) is 0.259. The normalized spacial score (nSPS) is 17.6. The van der Waals surface area contributed by atoms with E-state index in [9.17, 15) is 19.1 Å². The van der Waals surface area contributed by atoms with Crippen LogP contribution in [0.15, 0.2) is 54.6 Å². The molecule has 3 aromatic rings. The molecular weight excluding hydrogens is 490 g/mol. The summed E-state index contributed by atoms with van der Waals surface area (Å²) in [7, 11) is 0. The molecule has 182 valence electrons. The Hall–Kier alpha value is -2.93. The fourth-order valence-electron chi connectivity index (χ4n) is 4.17. The van der Waals surface area contributed by atoms with Crippen LogP contribution < -0.4 is 10.6 Å². The lowest BCUT2D eigenvalue weighted by Crippen LogP contribution is -2.38. The Morgan fingerprint density at radius 1 is 0.943 bits per heavy atom. The first-order valence-electron chi connectivity index (χ1n) is 11.4. The SMILES string of the molecule is Cc1ccc(C(=O)N[C@H]2CC[C@@H](O)CC2)cc1C(=O)c1ccc(Nc2ccc(Cl)cc2F)cc1Cl. The van der Waals surface area contributed by atoms with Crippen LogP contribution in [-0.4, -0.2) is 28.9 Å². The lowest BCUT2D eigenvalue weighted by molar-refractivity contribution is 0.0867. The van der Waals surface area contributed by atoms with Gasteiger partial charge in [-0.25, -0.2) is 4.39 Å². The molecule has 4 rings (SSSR count). The number of carbonyl (C=O) groups is 2. The number of rotatable bonds is 6. The van der Waals surface area contributed by atoms with Crippen LogP contribution in [0.1, 0.15) is 57.5 Å². The summed E-state index contributed by atoms with van der Waals surface area (Å²) in [6.07, 6.45) is 2.47. The molecule has 3 aromatic carbocycles. The minimum absolute atomic E-state index is 0.00585. The zero-order chi connectivity index (χ0) is 25.1. The zero-order valence-corrected chi connectivity index (χ0v) is 20.6. The van der Waals surface area contributed by atoms with Crippen LogP contribution in [0, 0.1) is 12.7 Å². The quantitative estimate of drug-likeness (QED) is 0.330. The van der Waals surface area contributed by atoms with Crippen LogP contribution in [0.4, 0.5) is 15.8 Å². The zero-order valence-electron chi connectivity index (χ0n) is 19.1. The number of hydrogen-bond donors (Lipinski definition) is 3. The first-order valence-corrected chi connectivity index (χ1v) is 12.1. The number of benzene rings is 3. The van der Waals surface area contributed by atoms with Gasteiger partial charge in [-0.2, -0.15) is 0 Å². The van der Waals surface area contributed by atoms with Crippen LogP contribution in [0.25, 0.3) is 0 Å². The summed E-state index contributed by atoms with van der Waals surface area (Å²) < 4.78 is 14.1. The maximum atomic E-state index is 14.1. The van der Waals surface area contributed by atoms with Crippen molar-refractivity contribution in [3.63, 3.8) is 0 Å². The summed E-state index contributed by atoms with van der Waals surface area (Å²) in [6.45, 7) is 1.80. The van der Waals surface area contributed by atoms with Gasteiger partial charge >= 0.3 is 0 Å². The van der Waals surface area contributed by atoms with E-state index in [1.54, 1.807) is 49.4 Å². The monoisotopic (exact) mass is 514 g/mol. The topological polar surface area (TPSA) is 78.4 Å². The highest BCUT2D eigenvalue weighted by Gasteiger charge is 2.23. The number of nitrogens with one attached hydrogen (secondary N) is 2. The lowest BCUT2D eigenvalue weighted by atomic mass is 9.92. The molecule has 1 saturated carbocycles. The average Bonchev–Trinajstić information content (AvgIpc) is 2.82. The molecule has 0 unspecified atom stereocenters. The van der Waals surface area contributed by atoms with E-state index in [1.807, 2.05) is 0 Å². The van der Waals surface area contributed by atoms with Crippen LogP contribution in [0.2, 0.25) is 10.0 Å². The Balaban J connectivity index is 1.52. The molecule has 35 heavy (non-hydrogen) atoms. The van der Waals surface area contributed by atoms with Gasteiger partial charge in [0.05, 0.1) is 16.8 Å². The highest BCUT2D eigenvalue weighted by molar-refractivity contribution is 6.35. The average molecular weight is 515 g/mol. The summed E-state index contributed by atoms with van der Waals surface area (Å²) in [6, 6.07) is 14.0. The van der Waals surface area contributed by atoms with E-state index >= 15 is 0 Å². The Kier molecular flexibility index (Phi) is 7.75. The van der Waals surface area contributed by atoms with E-state index in [2.05, 4.69) is 10.6 Å². The van der Waals surface area contributed by atoms with Crippen molar-refractivity contribution in [1.82, 2.24) is 5.32 Å². The summed E-state index contributed by atoms with van der Waals surface area (Å²) in [5.74, 6) is -1.08.